The van der Waals surface area contributed by atoms with E-state index in [4.69, 9.17) is 0 Å². The summed E-state index contributed by atoms with van der Waals surface area (Å²) in [6.45, 7) is 8.87. The Labute approximate surface area is 122 Å². The van der Waals surface area contributed by atoms with Crippen LogP contribution < -0.4 is 10.2 Å². The van der Waals surface area contributed by atoms with Crippen molar-refractivity contribution >= 4 is 5.82 Å². The molecular weight excluding hydrogens is 248 g/mol. The first-order chi connectivity index (χ1) is 9.70. The Bertz CT molecular complexity index is 453. The second-order valence-electron chi connectivity index (χ2n) is 6.54. The van der Waals surface area contributed by atoms with Crippen LogP contribution in [-0.2, 0) is 13.6 Å². The van der Waals surface area contributed by atoms with Gasteiger partial charge in [0.1, 0.15) is 5.82 Å². The molecule has 2 heterocycles. The summed E-state index contributed by atoms with van der Waals surface area (Å²) in [5.74, 6) is 3.23. The van der Waals surface area contributed by atoms with Crippen molar-refractivity contribution in [1.29, 1.82) is 0 Å². The summed E-state index contributed by atoms with van der Waals surface area (Å²) in [6, 6.07) is 0. The lowest BCUT2D eigenvalue weighted by Crippen LogP contribution is -2.25. The normalized spacial score (nSPS) is 25.4. The second kappa shape index (κ2) is 5.76. The zero-order valence-corrected chi connectivity index (χ0v) is 13.2. The van der Waals surface area contributed by atoms with Crippen LogP contribution >= 0.6 is 0 Å². The number of fused-ring (bicyclic) bond motifs is 1. The molecule has 1 aliphatic carbocycles. The summed E-state index contributed by atoms with van der Waals surface area (Å²) in [5, 5.41) is 8.20. The molecule has 0 radical (unpaired) electrons. The quantitative estimate of drug-likeness (QED) is 0.839. The number of nitrogens with zero attached hydrogens (tertiary/aromatic N) is 3. The third-order valence-corrected chi connectivity index (χ3v) is 5.07. The van der Waals surface area contributed by atoms with Crippen LogP contribution in [0.3, 0.4) is 0 Å². The van der Waals surface area contributed by atoms with E-state index in [1.54, 1.807) is 0 Å². The Balaban J connectivity index is 1.78. The van der Waals surface area contributed by atoms with Gasteiger partial charge in [0.15, 0.2) is 0 Å². The summed E-state index contributed by atoms with van der Waals surface area (Å²) in [6.07, 6.45) is 5.49. The lowest BCUT2D eigenvalue weighted by atomic mass is 10.0. The first kappa shape index (κ1) is 13.9. The smallest absolute Gasteiger partial charge is 0.131 e. The highest BCUT2D eigenvalue weighted by molar-refractivity contribution is 5.51. The van der Waals surface area contributed by atoms with Crippen LogP contribution in [0.4, 0.5) is 5.82 Å². The van der Waals surface area contributed by atoms with E-state index in [1.165, 1.54) is 55.8 Å². The second-order valence-corrected chi connectivity index (χ2v) is 6.54. The summed E-state index contributed by atoms with van der Waals surface area (Å²) in [4.78, 5) is 2.59. The van der Waals surface area contributed by atoms with Crippen molar-refractivity contribution in [3.63, 3.8) is 0 Å². The van der Waals surface area contributed by atoms with Gasteiger partial charge in [0.25, 0.3) is 0 Å². The first-order valence-electron chi connectivity index (χ1n) is 8.18. The van der Waals surface area contributed by atoms with Crippen molar-refractivity contribution < 1.29 is 0 Å². The van der Waals surface area contributed by atoms with E-state index in [2.05, 4.69) is 40.9 Å². The van der Waals surface area contributed by atoms with Gasteiger partial charge in [-0.2, -0.15) is 5.10 Å². The van der Waals surface area contributed by atoms with Crippen LogP contribution in [0.5, 0.6) is 0 Å². The Morgan fingerprint density at radius 2 is 1.95 bits per heavy atom. The molecule has 0 amide bonds. The lowest BCUT2D eigenvalue weighted by Gasteiger charge is -2.21. The van der Waals surface area contributed by atoms with Crippen LogP contribution in [0.2, 0.25) is 0 Å². The lowest BCUT2D eigenvalue weighted by molar-refractivity contribution is 0.494. The molecular formula is C16H28N4. The minimum absolute atomic E-state index is 0.932. The maximum Gasteiger partial charge on any atom is 0.131 e. The molecule has 112 valence electrons. The van der Waals surface area contributed by atoms with Gasteiger partial charge in [-0.25, -0.2) is 0 Å². The van der Waals surface area contributed by atoms with Gasteiger partial charge in [-0.3, -0.25) is 4.68 Å². The molecule has 2 unspecified atom stereocenters. The van der Waals surface area contributed by atoms with Crippen LogP contribution in [0.1, 0.15) is 43.9 Å². The van der Waals surface area contributed by atoms with Gasteiger partial charge in [0, 0.05) is 32.2 Å². The number of hydrogen-bond acceptors (Lipinski definition) is 3. The van der Waals surface area contributed by atoms with E-state index in [0.29, 0.717) is 0 Å². The van der Waals surface area contributed by atoms with Crippen molar-refractivity contribution in [3.8, 4) is 0 Å². The molecule has 2 atom stereocenters. The molecule has 1 aromatic heterocycles. The maximum atomic E-state index is 4.66. The van der Waals surface area contributed by atoms with E-state index >= 15 is 0 Å². The molecule has 1 aromatic rings. The summed E-state index contributed by atoms with van der Waals surface area (Å²) < 4.78 is 2.10. The van der Waals surface area contributed by atoms with E-state index < -0.39 is 0 Å². The molecule has 1 saturated heterocycles. The predicted molar refractivity (Wildman–Crippen MR) is 83.0 cm³/mol. The number of rotatable bonds is 5. The van der Waals surface area contributed by atoms with Gasteiger partial charge in [-0.1, -0.05) is 13.3 Å². The van der Waals surface area contributed by atoms with Crippen molar-refractivity contribution in [2.24, 2.45) is 18.9 Å². The number of aromatic nitrogens is 2. The molecule has 20 heavy (non-hydrogen) atoms. The molecule has 1 saturated carbocycles. The van der Waals surface area contributed by atoms with Crippen LogP contribution in [-0.4, -0.2) is 29.4 Å². The fourth-order valence-electron chi connectivity index (χ4n) is 4.09. The average Bonchev–Trinajstić information content (AvgIpc) is 3.04. The number of hydrogen-bond donors (Lipinski definition) is 1. The van der Waals surface area contributed by atoms with Gasteiger partial charge in [-0.05, 0) is 44.6 Å². The molecule has 4 heteroatoms. The van der Waals surface area contributed by atoms with Crippen molar-refractivity contribution in [2.45, 2.75) is 46.1 Å². The fourth-order valence-corrected chi connectivity index (χ4v) is 4.09. The molecule has 0 aromatic carbocycles. The standard InChI is InChI=1S/C16H28N4/c1-4-8-17-9-15-12(2)18-19(3)16(15)20-10-13-6-5-7-14(13)11-20/h13-14,17H,4-11H2,1-3H3. The summed E-state index contributed by atoms with van der Waals surface area (Å²) in [7, 11) is 2.10. The molecule has 2 aliphatic rings. The van der Waals surface area contributed by atoms with E-state index in [9.17, 15) is 0 Å². The maximum absolute atomic E-state index is 4.66. The Morgan fingerprint density at radius 3 is 2.60 bits per heavy atom. The number of anilines is 1. The summed E-state index contributed by atoms with van der Waals surface area (Å²) in [5.41, 5.74) is 2.59. The number of aryl methyl sites for hydroxylation is 2. The minimum atomic E-state index is 0.932. The topological polar surface area (TPSA) is 33.1 Å². The van der Waals surface area contributed by atoms with Gasteiger partial charge in [0.05, 0.1) is 5.69 Å². The van der Waals surface area contributed by atoms with E-state index in [1.807, 2.05) is 0 Å². The van der Waals surface area contributed by atoms with Crippen molar-refractivity contribution in [2.75, 3.05) is 24.5 Å². The number of nitrogens with one attached hydrogen (secondary N) is 1. The molecule has 0 spiro atoms. The van der Waals surface area contributed by atoms with Crippen molar-refractivity contribution in [1.82, 2.24) is 15.1 Å². The minimum Gasteiger partial charge on any atom is -0.356 e. The highest BCUT2D eigenvalue weighted by Gasteiger charge is 2.37. The van der Waals surface area contributed by atoms with Crippen LogP contribution in [0.15, 0.2) is 0 Å². The van der Waals surface area contributed by atoms with Gasteiger partial charge in [-0.15, -0.1) is 0 Å². The summed E-state index contributed by atoms with van der Waals surface area (Å²) >= 11 is 0. The molecule has 1 N–H and O–H groups in total. The van der Waals surface area contributed by atoms with E-state index in [0.717, 1.165) is 24.9 Å². The Kier molecular flexibility index (Phi) is 4.01. The predicted octanol–water partition coefficient (Wildman–Crippen LogP) is 2.46. The third kappa shape index (κ3) is 2.46. The molecule has 4 nitrogen and oxygen atoms in total. The zero-order valence-electron chi connectivity index (χ0n) is 13.2. The molecule has 1 aliphatic heterocycles. The molecule has 0 bridgehead atoms. The Hall–Kier alpha value is -1.03. The monoisotopic (exact) mass is 276 g/mol. The van der Waals surface area contributed by atoms with Crippen LogP contribution in [0, 0.1) is 18.8 Å². The SMILES string of the molecule is CCCNCc1c(C)nn(C)c1N1CC2CCCC2C1. The van der Waals surface area contributed by atoms with E-state index in [-0.39, 0.29) is 0 Å². The van der Waals surface area contributed by atoms with Crippen LogP contribution in [0.25, 0.3) is 0 Å². The van der Waals surface area contributed by atoms with Gasteiger partial charge < -0.3 is 10.2 Å². The zero-order chi connectivity index (χ0) is 14.1. The third-order valence-electron chi connectivity index (χ3n) is 5.07. The molecule has 3 rings (SSSR count). The van der Waals surface area contributed by atoms with Gasteiger partial charge in [0.2, 0.25) is 0 Å². The van der Waals surface area contributed by atoms with Crippen molar-refractivity contribution in [3.05, 3.63) is 11.3 Å². The fraction of sp³-hybridized carbons (Fsp3) is 0.812. The van der Waals surface area contributed by atoms with Gasteiger partial charge >= 0.3 is 0 Å². The average molecular weight is 276 g/mol. The highest BCUT2D eigenvalue weighted by Crippen LogP contribution is 2.40. The molecule has 2 fully saturated rings. The highest BCUT2D eigenvalue weighted by atomic mass is 15.4. The largest absolute Gasteiger partial charge is 0.356 e. The Morgan fingerprint density at radius 1 is 1.25 bits per heavy atom. The first-order valence-corrected chi connectivity index (χ1v) is 8.18.